The molecule has 0 amide bonds. The van der Waals surface area contributed by atoms with Gasteiger partial charge in [0.15, 0.2) is 0 Å². The molecule has 0 bridgehead atoms. The maximum absolute atomic E-state index is 13.0. The van der Waals surface area contributed by atoms with Gasteiger partial charge in [-0.25, -0.2) is 8.78 Å². The molecule has 0 heterocycles. The molecule has 1 rings (SSSR count). The van der Waals surface area contributed by atoms with Gasteiger partial charge in [-0.2, -0.15) is 0 Å². The van der Waals surface area contributed by atoms with Crippen molar-refractivity contribution in [1.82, 2.24) is 5.32 Å². The minimum atomic E-state index is -0.687. The Morgan fingerprint density at radius 1 is 1.28 bits per heavy atom. The molecule has 0 saturated carbocycles. The van der Waals surface area contributed by atoms with E-state index in [-0.39, 0.29) is 25.0 Å². The Bertz CT molecular complexity index is 378. The maximum atomic E-state index is 13.0. The lowest BCUT2D eigenvalue weighted by Crippen LogP contribution is -2.53. The van der Waals surface area contributed by atoms with Crippen LogP contribution in [0, 0.1) is 11.6 Å². The molecule has 5 heteroatoms. The number of hydrogen-bond acceptors (Lipinski definition) is 3. The first-order valence-electron chi connectivity index (χ1n) is 5.82. The van der Waals surface area contributed by atoms with Gasteiger partial charge in [-0.3, -0.25) is 0 Å². The van der Waals surface area contributed by atoms with Crippen LogP contribution in [-0.2, 0) is 0 Å². The molecule has 0 fully saturated rings. The Morgan fingerprint density at radius 2 is 1.83 bits per heavy atom. The van der Waals surface area contributed by atoms with E-state index in [1.807, 2.05) is 13.8 Å². The highest BCUT2D eigenvalue weighted by Gasteiger charge is 2.25. The number of ether oxygens (including phenoxy) is 1. The summed E-state index contributed by atoms with van der Waals surface area (Å²) in [5.41, 5.74) is -0.656. The second kappa shape index (κ2) is 6.11. The smallest absolute Gasteiger partial charge is 0.129 e. The molecule has 18 heavy (non-hydrogen) atoms. The fourth-order valence-electron chi connectivity index (χ4n) is 1.68. The molecule has 1 unspecified atom stereocenters. The van der Waals surface area contributed by atoms with Crippen molar-refractivity contribution in [3.63, 3.8) is 0 Å². The van der Waals surface area contributed by atoms with Crippen molar-refractivity contribution in [3.05, 3.63) is 29.8 Å². The Balaban J connectivity index is 2.67. The SMILES string of the molecule is CC(C)NC(C)(CO)COc1cc(F)cc(F)c1. The second-order valence-corrected chi connectivity index (χ2v) is 4.91. The van der Waals surface area contributed by atoms with Crippen molar-refractivity contribution >= 4 is 0 Å². The standard InChI is InChI=1S/C13H19F2NO2/c1-9(2)16-13(3,7-17)8-18-12-5-10(14)4-11(15)6-12/h4-6,9,16-17H,7-8H2,1-3H3. The number of halogens is 2. The first-order chi connectivity index (χ1) is 8.34. The van der Waals surface area contributed by atoms with Crippen LogP contribution in [0.5, 0.6) is 5.75 Å². The van der Waals surface area contributed by atoms with E-state index in [9.17, 15) is 13.9 Å². The van der Waals surface area contributed by atoms with E-state index in [0.717, 1.165) is 18.2 Å². The van der Waals surface area contributed by atoms with Crippen molar-refractivity contribution < 1.29 is 18.6 Å². The van der Waals surface area contributed by atoms with Crippen LogP contribution in [0.3, 0.4) is 0 Å². The molecule has 1 aromatic carbocycles. The van der Waals surface area contributed by atoms with Crippen LogP contribution in [0.2, 0.25) is 0 Å². The number of aliphatic hydroxyl groups excluding tert-OH is 1. The average Bonchev–Trinajstić information content (AvgIpc) is 2.24. The fraction of sp³-hybridized carbons (Fsp3) is 0.538. The van der Waals surface area contributed by atoms with E-state index in [2.05, 4.69) is 5.32 Å². The van der Waals surface area contributed by atoms with E-state index < -0.39 is 17.2 Å². The Hall–Kier alpha value is -1.20. The minimum Gasteiger partial charge on any atom is -0.491 e. The zero-order valence-corrected chi connectivity index (χ0v) is 10.8. The Labute approximate surface area is 106 Å². The van der Waals surface area contributed by atoms with Gasteiger partial charge in [0.05, 0.1) is 12.1 Å². The molecule has 0 aliphatic heterocycles. The number of rotatable bonds is 6. The first kappa shape index (κ1) is 14.9. The molecular formula is C13H19F2NO2. The second-order valence-electron chi connectivity index (χ2n) is 4.91. The number of aliphatic hydroxyl groups is 1. The summed E-state index contributed by atoms with van der Waals surface area (Å²) in [6.45, 7) is 5.64. The molecule has 3 nitrogen and oxygen atoms in total. The predicted molar refractivity (Wildman–Crippen MR) is 65.6 cm³/mol. The third-order valence-electron chi connectivity index (χ3n) is 2.38. The molecule has 1 atom stereocenters. The van der Waals surface area contributed by atoms with Gasteiger partial charge in [-0.1, -0.05) is 13.8 Å². The van der Waals surface area contributed by atoms with E-state index in [0.29, 0.717) is 0 Å². The lowest BCUT2D eigenvalue weighted by molar-refractivity contribution is 0.108. The topological polar surface area (TPSA) is 41.5 Å². The van der Waals surface area contributed by atoms with Gasteiger partial charge in [0.2, 0.25) is 0 Å². The Kier molecular flexibility index (Phi) is 5.04. The highest BCUT2D eigenvalue weighted by molar-refractivity contribution is 5.24. The van der Waals surface area contributed by atoms with Gasteiger partial charge in [0.25, 0.3) is 0 Å². The van der Waals surface area contributed by atoms with Crippen molar-refractivity contribution in [3.8, 4) is 5.75 Å². The van der Waals surface area contributed by atoms with Gasteiger partial charge < -0.3 is 15.2 Å². The summed E-state index contributed by atoms with van der Waals surface area (Å²) in [6.07, 6.45) is 0. The summed E-state index contributed by atoms with van der Waals surface area (Å²) in [5.74, 6) is -1.27. The van der Waals surface area contributed by atoms with Crippen LogP contribution in [0.25, 0.3) is 0 Å². The van der Waals surface area contributed by atoms with E-state index in [1.54, 1.807) is 6.92 Å². The van der Waals surface area contributed by atoms with Crippen molar-refractivity contribution in [2.45, 2.75) is 32.4 Å². The van der Waals surface area contributed by atoms with Crippen LogP contribution in [0.15, 0.2) is 18.2 Å². The van der Waals surface area contributed by atoms with E-state index in [1.165, 1.54) is 0 Å². The normalized spacial score (nSPS) is 14.6. The highest BCUT2D eigenvalue weighted by atomic mass is 19.1. The predicted octanol–water partition coefficient (Wildman–Crippen LogP) is 2.09. The zero-order valence-electron chi connectivity index (χ0n) is 10.8. The summed E-state index contributed by atoms with van der Waals surface area (Å²) in [5, 5.41) is 12.5. The summed E-state index contributed by atoms with van der Waals surface area (Å²) in [6, 6.07) is 3.16. The fourth-order valence-corrected chi connectivity index (χ4v) is 1.68. The van der Waals surface area contributed by atoms with Crippen molar-refractivity contribution in [2.24, 2.45) is 0 Å². The first-order valence-corrected chi connectivity index (χ1v) is 5.82. The maximum Gasteiger partial charge on any atom is 0.129 e. The molecule has 0 aliphatic rings. The molecule has 2 N–H and O–H groups in total. The summed E-state index contributed by atoms with van der Waals surface area (Å²) in [7, 11) is 0. The quantitative estimate of drug-likeness (QED) is 0.822. The van der Waals surface area contributed by atoms with E-state index in [4.69, 9.17) is 4.74 Å². The highest BCUT2D eigenvalue weighted by Crippen LogP contribution is 2.17. The van der Waals surface area contributed by atoms with Crippen molar-refractivity contribution in [2.75, 3.05) is 13.2 Å². The average molecular weight is 259 g/mol. The number of benzene rings is 1. The minimum absolute atomic E-state index is 0.109. The lowest BCUT2D eigenvalue weighted by atomic mass is 10.0. The van der Waals surface area contributed by atoms with E-state index >= 15 is 0 Å². The van der Waals surface area contributed by atoms with Gasteiger partial charge in [0.1, 0.15) is 24.0 Å². The van der Waals surface area contributed by atoms with Gasteiger partial charge in [-0.15, -0.1) is 0 Å². The summed E-state index contributed by atoms with van der Waals surface area (Å²) in [4.78, 5) is 0. The summed E-state index contributed by atoms with van der Waals surface area (Å²) >= 11 is 0. The molecule has 0 saturated heterocycles. The van der Waals surface area contributed by atoms with Crippen LogP contribution in [0.1, 0.15) is 20.8 Å². The van der Waals surface area contributed by atoms with Crippen LogP contribution < -0.4 is 10.1 Å². The molecule has 0 aliphatic carbocycles. The van der Waals surface area contributed by atoms with Crippen LogP contribution in [-0.4, -0.2) is 29.9 Å². The Morgan fingerprint density at radius 3 is 2.28 bits per heavy atom. The van der Waals surface area contributed by atoms with Crippen LogP contribution in [0.4, 0.5) is 8.78 Å². The van der Waals surface area contributed by atoms with Gasteiger partial charge >= 0.3 is 0 Å². The molecular weight excluding hydrogens is 240 g/mol. The molecule has 0 aromatic heterocycles. The van der Waals surface area contributed by atoms with Crippen LogP contribution >= 0.6 is 0 Å². The third-order valence-corrected chi connectivity index (χ3v) is 2.38. The molecule has 0 spiro atoms. The monoisotopic (exact) mass is 259 g/mol. The third kappa shape index (κ3) is 4.58. The van der Waals surface area contributed by atoms with Gasteiger partial charge in [-0.05, 0) is 6.92 Å². The molecule has 0 radical (unpaired) electrons. The lowest BCUT2D eigenvalue weighted by Gasteiger charge is -2.30. The zero-order chi connectivity index (χ0) is 13.8. The largest absolute Gasteiger partial charge is 0.491 e. The molecule has 1 aromatic rings. The van der Waals surface area contributed by atoms with Crippen molar-refractivity contribution in [1.29, 1.82) is 0 Å². The number of hydrogen-bond donors (Lipinski definition) is 2. The van der Waals surface area contributed by atoms with Gasteiger partial charge in [0, 0.05) is 24.2 Å². The summed E-state index contributed by atoms with van der Waals surface area (Å²) < 4.78 is 31.2. The number of nitrogens with one attached hydrogen (secondary N) is 1. The molecule has 102 valence electrons.